The van der Waals surface area contributed by atoms with E-state index in [1.54, 1.807) is 12.1 Å². The van der Waals surface area contributed by atoms with Gasteiger partial charge in [-0.15, -0.1) is 11.3 Å². The van der Waals surface area contributed by atoms with Crippen LogP contribution in [0.4, 0.5) is 0 Å². The molecule has 25 heavy (non-hydrogen) atoms. The molecule has 0 unspecified atom stereocenters. The molecule has 130 valence electrons. The number of carbonyl (C=O) groups is 2. The van der Waals surface area contributed by atoms with Crippen molar-refractivity contribution in [1.82, 2.24) is 5.32 Å². The van der Waals surface area contributed by atoms with E-state index >= 15 is 0 Å². The van der Waals surface area contributed by atoms with Crippen molar-refractivity contribution in [2.75, 3.05) is 13.4 Å². The third-order valence-electron chi connectivity index (χ3n) is 3.55. The van der Waals surface area contributed by atoms with Crippen LogP contribution >= 0.6 is 11.3 Å². The number of amides is 1. The molecule has 0 saturated carbocycles. The first-order valence-electron chi connectivity index (χ1n) is 7.69. The zero-order valence-corrected chi connectivity index (χ0v) is 14.4. The van der Waals surface area contributed by atoms with E-state index in [-0.39, 0.29) is 25.3 Å². The van der Waals surface area contributed by atoms with Crippen molar-refractivity contribution >= 4 is 29.3 Å². The lowest BCUT2D eigenvalue weighted by Gasteiger charge is -2.14. The summed E-state index contributed by atoms with van der Waals surface area (Å²) >= 11 is 1.51. The Morgan fingerprint density at radius 3 is 2.96 bits per heavy atom. The van der Waals surface area contributed by atoms with Crippen LogP contribution in [0.25, 0.3) is 6.08 Å². The molecule has 1 amide bonds. The van der Waals surface area contributed by atoms with Crippen molar-refractivity contribution in [2.45, 2.75) is 13.0 Å². The molecule has 0 radical (unpaired) electrons. The molecule has 2 aromatic rings. The first kappa shape index (κ1) is 17.0. The minimum absolute atomic E-state index is 0.203. The Morgan fingerprint density at radius 1 is 1.32 bits per heavy atom. The average Bonchev–Trinajstić information content (AvgIpc) is 3.28. The third-order valence-corrected chi connectivity index (χ3v) is 4.38. The molecule has 0 saturated heterocycles. The van der Waals surface area contributed by atoms with Crippen LogP contribution in [-0.4, -0.2) is 25.3 Å². The number of fused-ring (bicyclic) bond motifs is 1. The Labute approximate surface area is 149 Å². The molecule has 3 rings (SSSR count). The number of rotatable bonds is 6. The van der Waals surface area contributed by atoms with Gasteiger partial charge in [-0.2, -0.15) is 0 Å². The van der Waals surface area contributed by atoms with E-state index in [9.17, 15) is 9.59 Å². The van der Waals surface area contributed by atoms with Crippen molar-refractivity contribution in [3.05, 3.63) is 52.2 Å². The Balaban J connectivity index is 1.46. The van der Waals surface area contributed by atoms with Gasteiger partial charge >= 0.3 is 5.97 Å². The number of carbonyl (C=O) groups excluding carboxylic acids is 2. The average molecular weight is 359 g/mol. The van der Waals surface area contributed by atoms with Crippen LogP contribution in [0.2, 0.25) is 0 Å². The monoisotopic (exact) mass is 359 g/mol. The van der Waals surface area contributed by atoms with E-state index in [1.807, 2.05) is 36.6 Å². The fourth-order valence-electron chi connectivity index (χ4n) is 2.27. The quantitative estimate of drug-likeness (QED) is 0.634. The Bertz CT molecular complexity index is 785. The summed E-state index contributed by atoms with van der Waals surface area (Å²) in [5.41, 5.74) is 0.876. The highest BCUT2D eigenvalue weighted by atomic mass is 32.1. The molecule has 0 spiro atoms. The van der Waals surface area contributed by atoms with Gasteiger partial charge < -0.3 is 19.5 Å². The maximum absolute atomic E-state index is 11.9. The van der Waals surface area contributed by atoms with Crippen LogP contribution in [-0.2, 0) is 14.3 Å². The van der Waals surface area contributed by atoms with Gasteiger partial charge in [0.15, 0.2) is 18.1 Å². The molecule has 0 fully saturated rings. The van der Waals surface area contributed by atoms with Crippen molar-refractivity contribution in [3.8, 4) is 11.5 Å². The predicted molar refractivity (Wildman–Crippen MR) is 93.4 cm³/mol. The van der Waals surface area contributed by atoms with Crippen LogP contribution < -0.4 is 14.8 Å². The Hall–Kier alpha value is -2.80. The maximum atomic E-state index is 11.9. The highest BCUT2D eigenvalue weighted by Gasteiger charge is 2.17. The zero-order valence-electron chi connectivity index (χ0n) is 13.6. The van der Waals surface area contributed by atoms with Crippen molar-refractivity contribution < 1.29 is 23.8 Å². The number of hydrogen-bond donors (Lipinski definition) is 1. The highest BCUT2D eigenvalue weighted by molar-refractivity contribution is 7.10. The number of ether oxygens (including phenoxy) is 3. The molecule has 0 bridgehead atoms. The van der Waals surface area contributed by atoms with Gasteiger partial charge in [0.2, 0.25) is 6.79 Å². The van der Waals surface area contributed by atoms with E-state index in [0.29, 0.717) is 11.5 Å². The molecule has 0 aliphatic carbocycles. The van der Waals surface area contributed by atoms with Gasteiger partial charge in [-0.25, -0.2) is 4.79 Å². The molecule has 7 heteroatoms. The highest BCUT2D eigenvalue weighted by Crippen LogP contribution is 2.34. The summed E-state index contributed by atoms with van der Waals surface area (Å²) in [5, 5.41) is 4.69. The first-order valence-corrected chi connectivity index (χ1v) is 8.57. The molecule has 6 nitrogen and oxygen atoms in total. The molecular weight excluding hydrogens is 342 g/mol. The molecule has 1 aromatic carbocycles. The van der Waals surface area contributed by atoms with E-state index in [4.69, 9.17) is 14.2 Å². The van der Waals surface area contributed by atoms with Crippen LogP contribution in [0, 0.1) is 0 Å². The van der Waals surface area contributed by atoms with E-state index in [0.717, 1.165) is 10.4 Å². The van der Waals surface area contributed by atoms with Gasteiger partial charge in [-0.1, -0.05) is 12.1 Å². The molecule has 1 aromatic heterocycles. The Kier molecular flexibility index (Phi) is 5.35. The van der Waals surface area contributed by atoms with Crippen molar-refractivity contribution in [2.24, 2.45) is 0 Å². The summed E-state index contributed by atoms with van der Waals surface area (Å²) in [5.74, 6) is 0.416. The molecule has 1 N–H and O–H groups in total. The smallest absolute Gasteiger partial charge is 0.331 e. The van der Waals surface area contributed by atoms with Crippen LogP contribution in [0.5, 0.6) is 11.5 Å². The SMILES string of the molecule is C[C@H](NC(=O)COC(=O)/C=C/c1cccs1)c1ccc2c(c1)OCO2. The van der Waals surface area contributed by atoms with Crippen LogP contribution in [0.3, 0.4) is 0 Å². The van der Waals surface area contributed by atoms with Gasteiger partial charge in [0.1, 0.15) is 0 Å². The summed E-state index contributed by atoms with van der Waals surface area (Å²) in [6, 6.07) is 9.00. The second-order valence-corrected chi connectivity index (χ2v) is 6.34. The largest absolute Gasteiger partial charge is 0.454 e. The van der Waals surface area contributed by atoms with Crippen molar-refractivity contribution in [1.29, 1.82) is 0 Å². The fourth-order valence-corrected chi connectivity index (χ4v) is 2.89. The maximum Gasteiger partial charge on any atom is 0.331 e. The zero-order chi connectivity index (χ0) is 17.6. The second kappa shape index (κ2) is 7.85. The molecular formula is C18H17NO5S. The topological polar surface area (TPSA) is 73.9 Å². The number of esters is 1. The summed E-state index contributed by atoms with van der Waals surface area (Å²) in [7, 11) is 0. The Morgan fingerprint density at radius 2 is 2.16 bits per heavy atom. The lowest BCUT2D eigenvalue weighted by atomic mass is 10.1. The normalized spacial score (nSPS) is 13.6. The van der Waals surface area contributed by atoms with E-state index < -0.39 is 5.97 Å². The fraction of sp³-hybridized carbons (Fsp3) is 0.222. The lowest BCUT2D eigenvalue weighted by Crippen LogP contribution is -2.30. The van der Waals surface area contributed by atoms with Gasteiger partial charge in [0.05, 0.1) is 6.04 Å². The predicted octanol–water partition coefficient (Wildman–Crippen LogP) is 2.91. The number of nitrogens with one attached hydrogen (secondary N) is 1. The standard InChI is InChI=1S/C18H17NO5S/c1-12(13-4-6-15-16(9-13)24-11-23-15)19-17(20)10-22-18(21)7-5-14-3-2-8-25-14/h2-9,12H,10-11H2,1H3,(H,19,20)/b7-5+/t12-/m0/s1. The van der Waals surface area contributed by atoms with Crippen LogP contribution in [0.15, 0.2) is 41.8 Å². The third kappa shape index (κ3) is 4.60. The summed E-state index contributed by atoms with van der Waals surface area (Å²) in [6.45, 7) is 1.71. The van der Waals surface area contributed by atoms with Crippen molar-refractivity contribution in [3.63, 3.8) is 0 Å². The number of hydrogen-bond acceptors (Lipinski definition) is 6. The summed E-state index contributed by atoms with van der Waals surface area (Å²) in [4.78, 5) is 24.5. The minimum Gasteiger partial charge on any atom is -0.454 e. The molecule has 1 atom stereocenters. The van der Waals surface area contributed by atoms with Gasteiger partial charge in [-0.3, -0.25) is 4.79 Å². The van der Waals surface area contributed by atoms with Gasteiger partial charge in [-0.05, 0) is 42.1 Å². The number of benzene rings is 1. The van der Waals surface area contributed by atoms with E-state index in [1.165, 1.54) is 17.4 Å². The summed E-state index contributed by atoms with van der Waals surface area (Å²) in [6.07, 6.45) is 2.96. The number of thiophene rings is 1. The minimum atomic E-state index is -0.556. The van der Waals surface area contributed by atoms with Gasteiger partial charge in [0.25, 0.3) is 5.91 Å². The molecule has 1 aliphatic heterocycles. The molecule has 2 heterocycles. The van der Waals surface area contributed by atoms with E-state index in [2.05, 4.69) is 5.32 Å². The second-order valence-electron chi connectivity index (χ2n) is 5.36. The molecule has 1 aliphatic rings. The lowest BCUT2D eigenvalue weighted by molar-refractivity contribution is -0.144. The first-order chi connectivity index (χ1) is 12.1. The van der Waals surface area contributed by atoms with Crippen LogP contribution in [0.1, 0.15) is 23.4 Å². The summed E-state index contributed by atoms with van der Waals surface area (Å²) < 4.78 is 15.5. The van der Waals surface area contributed by atoms with Gasteiger partial charge in [0, 0.05) is 11.0 Å².